The van der Waals surface area contributed by atoms with Gasteiger partial charge in [-0.25, -0.2) is 0 Å². The van der Waals surface area contributed by atoms with Crippen molar-refractivity contribution in [2.24, 2.45) is 0 Å². The molecule has 0 saturated carbocycles. The molecule has 0 aromatic heterocycles. The molecule has 138 valence electrons. The molecular weight excluding hydrogens is 336 g/mol. The van der Waals surface area contributed by atoms with Gasteiger partial charge in [0.1, 0.15) is 5.75 Å². The second-order valence-corrected chi connectivity index (χ2v) is 6.22. The van der Waals surface area contributed by atoms with Gasteiger partial charge in [-0.1, -0.05) is 43.7 Å². The fourth-order valence-electron chi connectivity index (χ4n) is 2.63. The number of amides is 1. The Labute approximate surface area is 160 Å². The van der Waals surface area contributed by atoms with Crippen LogP contribution in [0, 0.1) is 0 Å². The van der Waals surface area contributed by atoms with Crippen LogP contribution < -0.4 is 15.4 Å². The minimum absolute atomic E-state index is 0.159. The van der Waals surface area contributed by atoms with Crippen LogP contribution in [-0.2, 0) is 0 Å². The van der Waals surface area contributed by atoms with E-state index in [0.717, 1.165) is 35.7 Å². The molecule has 0 heterocycles. The molecule has 4 heteroatoms. The van der Waals surface area contributed by atoms with E-state index in [1.165, 1.54) is 0 Å². The van der Waals surface area contributed by atoms with Gasteiger partial charge in [0.25, 0.3) is 5.91 Å². The molecule has 4 nitrogen and oxygen atoms in total. The summed E-state index contributed by atoms with van der Waals surface area (Å²) in [6, 6.07) is 24.7. The smallest absolute Gasteiger partial charge is 0.257 e. The second kappa shape index (κ2) is 9.43. The van der Waals surface area contributed by atoms with Gasteiger partial charge in [-0.05, 0) is 55.0 Å². The predicted octanol–water partition coefficient (Wildman–Crippen LogP) is 5.86. The summed E-state index contributed by atoms with van der Waals surface area (Å²) < 4.78 is 5.65. The number of para-hydroxylation sites is 2. The van der Waals surface area contributed by atoms with E-state index in [2.05, 4.69) is 17.6 Å². The lowest BCUT2D eigenvalue weighted by atomic mass is 10.1. The molecule has 0 spiro atoms. The van der Waals surface area contributed by atoms with Gasteiger partial charge in [0.05, 0.1) is 17.9 Å². The Bertz CT molecular complexity index is 861. The van der Waals surface area contributed by atoms with Gasteiger partial charge in [-0.3, -0.25) is 4.79 Å². The summed E-state index contributed by atoms with van der Waals surface area (Å²) in [6.45, 7) is 2.84. The van der Waals surface area contributed by atoms with Gasteiger partial charge in [0.2, 0.25) is 0 Å². The highest BCUT2D eigenvalue weighted by molar-refractivity contribution is 6.08. The van der Waals surface area contributed by atoms with E-state index < -0.39 is 0 Å². The maximum atomic E-state index is 12.7. The van der Waals surface area contributed by atoms with Crippen LogP contribution >= 0.6 is 0 Å². The molecular formula is C23H24N2O2. The highest BCUT2D eigenvalue weighted by atomic mass is 16.5. The van der Waals surface area contributed by atoms with Crippen molar-refractivity contribution in [2.45, 2.75) is 19.8 Å². The Balaban J connectivity index is 1.67. The van der Waals surface area contributed by atoms with Gasteiger partial charge >= 0.3 is 0 Å². The molecule has 0 unspecified atom stereocenters. The molecule has 0 aliphatic carbocycles. The highest BCUT2D eigenvalue weighted by Gasteiger charge is 2.11. The van der Waals surface area contributed by atoms with Crippen LogP contribution in [-0.4, -0.2) is 12.5 Å². The number of carbonyl (C=O) groups excluding carboxylic acids is 1. The molecule has 0 aliphatic heterocycles. The Morgan fingerprint density at radius 1 is 0.852 bits per heavy atom. The predicted molar refractivity (Wildman–Crippen MR) is 111 cm³/mol. The molecule has 0 bridgehead atoms. The highest BCUT2D eigenvalue weighted by Crippen LogP contribution is 2.22. The number of hydrogen-bond acceptors (Lipinski definition) is 3. The Morgan fingerprint density at radius 2 is 1.56 bits per heavy atom. The van der Waals surface area contributed by atoms with Crippen molar-refractivity contribution in [3.8, 4) is 5.75 Å². The monoisotopic (exact) mass is 360 g/mol. The van der Waals surface area contributed by atoms with Crippen LogP contribution in [0.2, 0.25) is 0 Å². The van der Waals surface area contributed by atoms with Crippen molar-refractivity contribution in [2.75, 3.05) is 17.2 Å². The van der Waals surface area contributed by atoms with Gasteiger partial charge in [-0.15, -0.1) is 0 Å². The summed E-state index contributed by atoms with van der Waals surface area (Å²) in [7, 11) is 0. The number of unbranched alkanes of at least 4 members (excludes halogenated alkanes) is 1. The first kappa shape index (κ1) is 18.5. The maximum Gasteiger partial charge on any atom is 0.257 e. The first-order valence-corrected chi connectivity index (χ1v) is 9.21. The van der Waals surface area contributed by atoms with E-state index in [4.69, 9.17) is 4.74 Å². The zero-order valence-corrected chi connectivity index (χ0v) is 15.4. The van der Waals surface area contributed by atoms with E-state index >= 15 is 0 Å². The Kier molecular flexibility index (Phi) is 6.47. The van der Waals surface area contributed by atoms with E-state index in [9.17, 15) is 4.79 Å². The van der Waals surface area contributed by atoms with E-state index in [1.807, 2.05) is 78.9 Å². The van der Waals surface area contributed by atoms with Crippen LogP contribution in [0.4, 0.5) is 17.1 Å². The summed E-state index contributed by atoms with van der Waals surface area (Å²) in [5, 5.41) is 6.24. The quantitative estimate of drug-likeness (QED) is 0.495. The maximum absolute atomic E-state index is 12.7. The molecule has 0 atom stereocenters. The minimum Gasteiger partial charge on any atom is -0.494 e. The van der Waals surface area contributed by atoms with Crippen LogP contribution in [0.15, 0.2) is 78.9 Å². The van der Waals surface area contributed by atoms with Crippen LogP contribution in [0.25, 0.3) is 0 Å². The second-order valence-electron chi connectivity index (χ2n) is 6.22. The topological polar surface area (TPSA) is 50.4 Å². The third-order valence-electron chi connectivity index (χ3n) is 4.10. The molecule has 3 rings (SSSR count). The van der Waals surface area contributed by atoms with Gasteiger partial charge in [0, 0.05) is 11.4 Å². The SMILES string of the molecule is CCCCOc1ccc(NC(=O)c2ccccc2Nc2ccccc2)cc1. The number of rotatable bonds is 8. The number of anilines is 3. The van der Waals surface area contributed by atoms with Gasteiger partial charge in [0.15, 0.2) is 0 Å². The normalized spacial score (nSPS) is 10.3. The summed E-state index contributed by atoms with van der Waals surface area (Å²) >= 11 is 0. The fourth-order valence-corrected chi connectivity index (χ4v) is 2.63. The summed E-state index contributed by atoms with van der Waals surface area (Å²) in [4.78, 5) is 12.7. The molecule has 0 aliphatic rings. The van der Waals surface area contributed by atoms with E-state index in [1.54, 1.807) is 0 Å². The lowest BCUT2D eigenvalue weighted by molar-refractivity contribution is 0.102. The van der Waals surface area contributed by atoms with Crippen molar-refractivity contribution in [3.05, 3.63) is 84.4 Å². The lowest BCUT2D eigenvalue weighted by Crippen LogP contribution is -2.13. The van der Waals surface area contributed by atoms with Gasteiger partial charge < -0.3 is 15.4 Å². The number of carbonyl (C=O) groups is 1. The number of hydrogen-bond donors (Lipinski definition) is 2. The molecule has 0 fully saturated rings. The minimum atomic E-state index is -0.159. The largest absolute Gasteiger partial charge is 0.494 e. The van der Waals surface area contributed by atoms with Crippen molar-refractivity contribution in [3.63, 3.8) is 0 Å². The molecule has 3 aromatic carbocycles. The molecule has 2 N–H and O–H groups in total. The van der Waals surface area contributed by atoms with Crippen LogP contribution in [0.1, 0.15) is 30.1 Å². The summed E-state index contributed by atoms with van der Waals surface area (Å²) in [5.74, 6) is 0.654. The Hall–Kier alpha value is -3.27. The fraction of sp³-hybridized carbons (Fsp3) is 0.174. The number of ether oxygens (including phenoxy) is 1. The number of nitrogens with one attached hydrogen (secondary N) is 2. The standard InChI is InChI=1S/C23H24N2O2/c1-2-3-17-27-20-15-13-19(14-16-20)25-23(26)21-11-7-8-12-22(21)24-18-9-5-4-6-10-18/h4-16,24H,2-3,17H2,1H3,(H,25,26). The molecule has 0 saturated heterocycles. The Morgan fingerprint density at radius 3 is 2.30 bits per heavy atom. The van der Waals surface area contributed by atoms with Crippen LogP contribution in [0.5, 0.6) is 5.75 Å². The number of benzene rings is 3. The molecule has 1 amide bonds. The molecule has 0 radical (unpaired) electrons. The third-order valence-corrected chi connectivity index (χ3v) is 4.10. The summed E-state index contributed by atoms with van der Waals surface area (Å²) in [5.41, 5.74) is 3.02. The zero-order valence-electron chi connectivity index (χ0n) is 15.4. The van der Waals surface area contributed by atoms with E-state index in [0.29, 0.717) is 12.2 Å². The van der Waals surface area contributed by atoms with E-state index in [-0.39, 0.29) is 5.91 Å². The van der Waals surface area contributed by atoms with Crippen molar-refractivity contribution >= 4 is 23.0 Å². The first-order chi connectivity index (χ1) is 13.3. The van der Waals surface area contributed by atoms with Crippen molar-refractivity contribution in [1.29, 1.82) is 0 Å². The van der Waals surface area contributed by atoms with Crippen molar-refractivity contribution in [1.82, 2.24) is 0 Å². The molecule has 3 aromatic rings. The zero-order chi connectivity index (χ0) is 18.9. The van der Waals surface area contributed by atoms with Gasteiger partial charge in [-0.2, -0.15) is 0 Å². The average Bonchev–Trinajstić information content (AvgIpc) is 2.71. The van der Waals surface area contributed by atoms with Crippen LogP contribution in [0.3, 0.4) is 0 Å². The lowest BCUT2D eigenvalue weighted by Gasteiger charge is -2.13. The third kappa shape index (κ3) is 5.35. The average molecular weight is 360 g/mol. The van der Waals surface area contributed by atoms with Crippen molar-refractivity contribution < 1.29 is 9.53 Å². The summed E-state index contributed by atoms with van der Waals surface area (Å²) in [6.07, 6.45) is 2.13. The first-order valence-electron chi connectivity index (χ1n) is 9.21. The molecule has 27 heavy (non-hydrogen) atoms.